The summed E-state index contributed by atoms with van der Waals surface area (Å²) >= 11 is 0. The minimum absolute atomic E-state index is 0.312. The summed E-state index contributed by atoms with van der Waals surface area (Å²) in [7, 11) is 0. The van der Waals surface area contributed by atoms with Crippen molar-refractivity contribution in [2.24, 2.45) is 0 Å². The van der Waals surface area contributed by atoms with Crippen molar-refractivity contribution in [1.82, 2.24) is 4.98 Å². The van der Waals surface area contributed by atoms with Crippen LogP contribution >= 0.6 is 0 Å². The van der Waals surface area contributed by atoms with Crippen LogP contribution in [0.15, 0.2) is 60.8 Å². The fraction of sp³-hybridized carbons (Fsp3) is 0.111. The van der Waals surface area contributed by atoms with Crippen LogP contribution in [0.5, 0.6) is 5.75 Å². The van der Waals surface area contributed by atoms with Crippen LogP contribution in [-0.2, 0) is 4.79 Å². The van der Waals surface area contributed by atoms with Gasteiger partial charge in [0, 0.05) is 17.6 Å². The molecule has 116 valence electrons. The molecule has 0 aliphatic carbocycles. The van der Waals surface area contributed by atoms with E-state index in [1.807, 2.05) is 24.3 Å². The number of rotatable bonds is 4. The number of pyridine rings is 1. The molecule has 1 amide bonds. The Morgan fingerprint density at radius 3 is 2.83 bits per heavy atom. The number of hydrogen-bond donors (Lipinski definition) is 1. The Morgan fingerprint density at radius 2 is 2.00 bits per heavy atom. The Morgan fingerprint density at radius 1 is 1.17 bits per heavy atom. The number of ether oxygens (including phenoxy) is 1. The largest absolute Gasteiger partial charge is 0.481 e. The summed E-state index contributed by atoms with van der Waals surface area (Å²) in [5.74, 6) is -0.409. The van der Waals surface area contributed by atoms with E-state index in [-0.39, 0.29) is 5.91 Å². The summed E-state index contributed by atoms with van der Waals surface area (Å²) in [4.78, 5) is 16.5. The van der Waals surface area contributed by atoms with Gasteiger partial charge >= 0.3 is 0 Å². The molecule has 23 heavy (non-hydrogen) atoms. The first kappa shape index (κ1) is 15.0. The fourth-order valence-electron chi connectivity index (χ4n) is 2.24. The van der Waals surface area contributed by atoms with Crippen LogP contribution in [0, 0.1) is 5.82 Å². The van der Waals surface area contributed by atoms with Crippen LogP contribution in [-0.4, -0.2) is 17.0 Å². The molecular weight excluding hydrogens is 295 g/mol. The third-order valence-corrected chi connectivity index (χ3v) is 3.38. The Kier molecular flexibility index (Phi) is 4.19. The number of carbonyl (C=O) groups is 1. The Hall–Kier alpha value is -2.95. The third-order valence-electron chi connectivity index (χ3n) is 3.38. The van der Waals surface area contributed by atoms with E-state index < -0.39 is 11.9 Å². The summed E-state index contributed by atoms with van der Waals surface area (Å²) in [5.41, 5.74) is 1.46. The molecule has 0 saturated carbocycles. The molecule has 0 saturated heterocycles. The van der Waals surface area contributed by atoms with Crippen LogP contribution in [0.4, 0.5) is 10.1 Å². The first-order valence-electron chi connectivity index (χ1n) is 7.20. The second-order valence-corrected chi connectivity index (χ2v) is 5.08. The Balaban J connectivity index is 1.75. The summed E-state index contributed by atoms with van der Waals surface area (Å²) in [6, 6.07) is 14.9. The molecule has 4 nitrogen and oxygen atoms in total. The molecule has 1 unspecified atom stereocenters. The molecule has 0 radical (unpaired) electrons. The Bertz CT molecular complexity index is 846. The van der Waals surface area contributed by atoms with Crippen molar-refractivity contribution in [3.63, 3.8) is 0 Å². The van der Waals surface area contributed by atoms with Crippen molar-refractivity contribution in [3.8, 4) is 5.75 Å². The molecule has 2 aromatic carbocycles. The number of benzene rings is 2. The molecule has 1 N–H and O–H groups in total. The van der Waals surface area contributed by atoms with Gasteiger partial charge in [0.2, 0.25) is 0 Å². The number of fused-ring (bicyclic) bond motifs is 1. The standard InChI is InChI=1S/C18H15FN2O2/c1-12(23-14-6-2-5-13(19)11-14)18(22)21-17-9-3-8-16-15(17)7-4-10-20-16/h2-12H,1H3,(H,21,22). The van der Waals surface area contributed by atoms with Crippen molar-refractivity contribution in [2.45, 2.75) is 13.0 Å². The number of aromatic nitrogens is 1. The predicted octanol–water partition coefficient (Wildman–Crippen LogP) is 3.78. The normalized spacial score (nSPS) is 11.9. The molecule has 1 heterocycles. The van der Waals surface area contributed by atoms with Gasteiger partial charge in [0.25, 0.3) is 5.91 Å². The maximum absolute atomic E-state index is 13.2. The predicted molar refractivity (Wildman–Crippen MR) is 86.9 cm³/mol. The molecule has 3 rings (SSSR count). The van der Waals surface area contributed by atoms with Crippen molar-refractivity contribution < 1.29 is 13.9 Å². The SMILES string of the molecule is CC(Oc1cccc(F)c1)C(=O)Nc1cccc2ncccc12. The highest BCUT2D eigenvalue weighted by Gasteiger charge is 2.16. The molecule has 0 fully saturated rings. The molecular formula is C18H15FN2O2. The average Bonchev–Trinajstić information content (AvgIpc) is 2.55. The van der Waals surface area contributed by atoms with Gasteiger partial charge in [-0.3, -0.25) is 9.78 Å². The van der Waals surface area contributed by atoms with Gasteiger partial charge in [0.15, 0.2) is 6.10 Å². The van der Waals surface area contributed by atoms with Gasteiger partial charge in [-0.05, 0) is 43.3 Å². The van der Waals surface area contributed by atoms with Gasteiger partial charge < -0.3 is 10.1 Å². The minimum Gasteiger partial charge on any atom is -0.481 e. The zero-order valence-electron chi connectivity index (χ0n) is 12.5. The van der Waals surface area contributed by atoms with E-state index in [0.717, 1.165) is 10.9 Å². The van der Waals surface area contributed by atoms with Crippen LogP contribution in [0.3, 0.4) is 0 Å². The zero-order chi connectivity index (χ0) is 16.2. The number of nitrogens with zero attached hydrogens (tertiary/aromatic N) is 1. The van der Waals surface area contributed by atoms with Crippen LogP contribution in [0.25, 0.3) is 10.9 Å². The van der Waals surface area contributed by atoms with E-state index in [2.05, 4.69) is 10.3 Å². The van der Waals surface area contributed by atoms with Crippen LogP contribution in [0.1, 0.15) is 6.92 Å². The second-order valence-electron chi connectivity index (χ2n) is 5.08. The number of anilines is 1. The monoisotopic (exact) mass is 310 g/mol. The maximum atomic E-state index is 13.2. The lowest BCUT2D eigenvalue weighted by Gasteiger charge is -2.15. The van der Waals surface area contributed by atoms with Crippen LogP contribution < -0.4 is 10.1 Å². The quantitative estimate of drug-likeness (QED) is 0.798. The van der Waals surface area contributed by atoms with Crippen molar-refractivity contribution in [2.75, 3.05) is 5.32 Å². The smallest absolute Gasteiger partial charge is 0.265 e. The van der Waals surface area contributed by atoms with Gasteiger partial charge in [0.05, 0.1) is 11.2 Å². The summed E-state index contributed by atoms with van der Waals surface area (Å²) in [6.07, 6.45) is 0.938. The molecule has 0 bridgehead atoms. The summed E-state index contributed by atoms with van der Waals surface area (Å²) < 4.78 is 18.6. The van der Waals surface area contributed by atoms with Gasteiger partial charge in [-0.2, -0.15) is 0 Å². The van der Waals surface area contributed by atoms with Gasteiger partial charge in [-0.25, -0.2) is 4.39 Å². The first-order valence-corrected chi connectivity index (χ1v) is 7.20. The van der Waals surface area contributed by atoms with Gasteiger partial charge in [-0.15, -0.1) is 0 Å². The molecule has 0 spiro atoms. The first-order chi connectivity index (χ1) is 11.1. The van der Waals surface area contributed by atoms with Crippen molar-refractivity contribution in [1.29, 1.82) is 0 Å². The second kappa shape index (κ2) is 6.44. The number of carbonyl (C=O) groups excluding carboxylic acids is 1. The minimum atomic E-state index is -0.760. The van der Waals surface area contributed by atoms with E-state index in [0.29, 0.717) is 11.4 Å². The average molecular weight is 310 g/mol. The highest BCUT2D eigenvalue weighted by atomic mass is 19.1. The number of halogens is 1. The summed E-state index contributed by atoms with van der Waals surface area (Å²) in [6.45, 7) is 1.61. The van der Waals surface area contributed by atoms with E-state index in [9.17, 15) is 9.18 Å². The van der Waals surface area contributed by atoms with Gasteiger partial charge in [0.1, 0.15) is 11.6 Å². The highest BCUT2D eigenvalue weighted by Crippen LogP contribution is 2.22. The van der Waals surface area contributed by atoms with E-state index in [1.165, 1.54) is 18.2 Å². The topological polar surface area (TPSA) is 51.2 Å². The molecule has 3 aromatic rings. The molecule has 0 aliphatic heterocycles. The number of nitrogens with one attached hydrogen (secondary N) is 1. The fourth-order valence-corrected chi connectivity index (χ4v) is 2.24. The maximum Gasteiger partial charge on any atom is 0.265 e. The lowest BCUT2D eigenvalue weighted by atomic mass is 10.2. The molecule has 5 heteroatoms. The number of hydrogen-bond acceptors (Lipinski definition) is 3. The van der Waals surface area contributed by atoms with Crippen molar-refractivity contribution >= 4 is 22.5 Å². The highest BCUT2D eigenvalue weighted by molar-refractivity contribution is 6.02. The third kappa shape index (κ3) is 3.45. The van der Waals surface area contributed by atoms with E-state index >= 15 is 0 Å². The molecule has 1 aromatic heterocycles. The zero-order valence-corrected chi connectivity index (χ0v) is 12.5. The van der Waals surface area contributed by atoms with Crippen molar-refractivity contribution in [3.05, 3.63) is 66.6 Å². The van der Waals surface area contributed by atoms with Crippen LogP contribution in [0.2, 0.25) is 0 Å². The number of amides is 1. The lowest BCUT2D eigenvalue weighted by Crippen LogP contribution is -2.30. The molecule has 0 aliphatic rings. The van der Waals surface area contributed by atoms with E-state index in [1.54, 1.807) is 25.3 Å². The summed E-state index contributed by atoms with van der Waals surface area (Å²) in [5, 5.41) is 3.67. The van der Waals surface area contributed by atoms with E-state index in [4.69, 9.17) is 4.74 Å². The lowest BCUT2D eigenvalue weighted by molar-refractivity contribution is -0.122. The van der Waals surface area contributed by atoms with Gasteiger partial charge in [-0.1, -0.05) is 12.1 Å². The Labute approximate surface area is 132 Å². The molecule has 1 atom stereocenters.